The Morgan fingerprint density at radius 3 is 2.75 bits per heavy atom. The lowest BCUT2D eigenvalue weighted by Gasteiger charge is -2.09. The number of nitrogens with zero attached hydrogens (tertiary/aromatic N) is 1. The van der Waals surface area contributed by atoms with Gasteiger partial charge in [0.15, 0.2) is 12.4 Å². The van der Waals surface area contributed by atoms with Gasteiger partial charge in [-0.05, 0) is 17.5 Å². The van der Waals surface area contributed by atoms with Gasteiger partial charge in [-0.2, -0.15) is 0 Å². The quantitative estimate of drug-likeness (QED) is 0.578. The third-order valence-corrected chi connectivity index (χ3v) is 2.47. The predicted octanol–water partition coefficient (Wildman–Crippen LogP) is 1.24. The summed E-state index contributed by atoms with van der Waals surface area (Å²) in [5.74, 6) is -0.0109. The Balaban J connectivity index is 2.67. The van der Waals surface area contributed by atoms with Crippen molar-refractivity contribution in [2.45, 2.75) is 20.5 Å². The number of amides is 1. The van der Waals surface area contributed by atoms with Crippen LogP contribution in [0.15, 0.2) is 18.2 Å². The fourth-order valence-electron chi connectivity index (χ4n) is 1.44. The Hall–Kier alpha value is -2.15. The molecule has 0 spiro atoms. The molecule has 0 aliphatic carbocycles. The molecule has 0 bridgehead atoms. The highest BCUT2D eigenvalue weighted by molar-refractivity contribution is 5.77. The zero-order valence-corrected chi connectivity index (χ0v) is 11.5. The normalized spacial score (nSPS) is 10.4. The molecule has 1 amide bonds. The molecule has 0 aliphatic heterocycles. The van der Waals surface area contributed by atoms with Crippen molar-refractivity contribution in [3.05, 3.63) is 33.9 Å². The summed E-state index contributed by atoms with van der Waals surface area (Å²) in [4.78, 5) is 21.8. The van der Waals surface area contributed by atoms with Crippen LogP contribution in [0.5, 0.6) is 5.75 Å². The minimum absolute atomic E-state index is 0.00639. The molecule has 7 heteroatoms. The third-order valence-electron chi connectivity index (χ3n) is 2.47. The van der Waals surface area contributed by atoms with E-state index in [1.165, 1.54) is 18.2 Å². The van der Waals surface area contributed by atoms with Crippen molar-refractivity contribution in [3.8, 4) is 5.75 Å². The highest BCUT2D eigenvalue weighted by Crippen LogP contribution is 2.27. The van der Waals surface area contributed by atoms with E-state index in [1.54, 1.807) is 0 Å². The molecular weight excluding hydrogens is 264 g/mol. The smallest absolute Gasteiger partial charge is 0.311 e. The van der Waals surface area contributed by atoms with Gasteiger partial charge < -0.3 is 15.2 Å². The second-order valence-corrected chi connectivity index (χ2v) is 4.70. The van der Waals surface area contributed by atoms with Gasteiger partial charge in [0.25, 0.3) is 5.91 Å². The summed E-state index contributed by atoms with van der Waals surface area (Å²) in [7, 11) is 0. The number of nitrogens with one attached hydrogen (secondary N) is 1. The van der Waals surface area contributed by atoms with Crippen LogP contribution < -0.4 is 10.1 Å². The predicted molar refractivity (Wildman–Crippen MR) is 72.4 cm³/mol. The fourth-order valence-corrected chi connectivity index (χ4v) is 1.44. The molecule has 0 saturated heterocycles. The van der Waals surface area contributed by atoms with Crippen molar-refractivity contribution in [2.75, 3.05) is 13.2 Å². The van der Waals surface area contributed by atoms with Gasteiger partial charge in [-0.3, -0.25) is 14.9 Å². The van der Waals surface area contributed by atoms with Crippen molar-refractivity contribution < 1.29 is 19.6 Å². The number of nitro benzene ring substituents is 1. The molecule has 0 fully saturated rings. The highest BCUT2D eigenvalue weighted by atomic mass is 16.6. The zero-order chi connectivity index (χ0) is 15.1. The number of aliphatic hydroxyl groups is 1. The first-order chi connectivity index (χ1) is 9.43. The minimum Gasteiger partial charge on any atom is -0.477 e. The maximum atomic E-state index is 11.5. The minimum atomic E-state index is -0.611. The largest absolute Gasteiger partial charge is 0.477 e. The molecule has 110 valence electrons. The molecule has 7 nitrogen and oxygen atoms in total. The molecule has 0 aromatic heterocycles. The van der Waals surface area contributed by atoms with E-state index in [1.807, 2.05) is 13.8 Å². The van der Waals surface area contributed by atoms with Crippen LogP contribution in [0, 0.1) is 16.0 Å². The summed E-state index contributed by atoms with van der Waals surface area (Å²) in [6, 6.07) is 4.11. The molecule has 20 heavy (non-hydrogen) atoms. The SMILES string of the molecule is CC(C)CNC(=O)COc1ccc(CO)cc1[N+](=O)[O-]. The van der Waals surface area contributed by atoms with Crippen LogP contribution in [0.3, 0.4) is 0 Å². The van der Waals surface area contributed by atoms with Crippen LogP contribution in [-0.4, -0.2) is 29.1 Å². The molecule has 0 atom stereocenters. The van der Waals surface area contributed by atoms with Gasteiger partial charge in [-0.15, -0.1) is 0 Å². The Bertz CT molecular complexity index is 488. The first-order valence-electron chi connectivity index (χ1n) is 6.21. The summed E-state index contributed by atoms with van der Waals surface area (Å²) in [6.07, 6.45) is 0. The summed E-state index contributed by atoms with van der Waals surface area (Å²) in [6.45, 7) is 3.86. The second-order valence-electron chi connectivity index (χ2n) is 4.70. The average molecular weight is 282 g/mol. The van der Waals surface area contributed by atoms with Gasteiger partial charge in [0.1, 0.15) is 0 Å². The van der Waals surface area contributed by atoms with Crippen molar-refractivity contribution in [1.82, 2.24) is 5.32 Å². The number of ether oxygens (including phenoxy) is 1. The molecule has 0 radical (unpaired) electrons. The molecule has 1 aromatic carbocycles. The number of nitro groups is 1. The summed E-state index contributed by atoms with van der Waals surface area (Å²) >= 11 is 0. The maximum Gasteiger partial charge on any atom is 0.311 e. The van der Waals surface area contributed by atoms with Crippen LogP contribution in [0.1, 0.15) is 19.4 Å². The Morgan fingerprint density at radius 1 is 1.50 bits per heavy atom. The number of benzene rings is 1. The first-order valence-corrected chi connectivity index (χ1v) is 6.21. The topological polar surface area (TPSA) is 102 Å². The van der Waals surface area contributed by atoms with Gasteiger partial charge in [0.05, 0.1) is 11.5 Å². The fraction of sp³-hybridized carbons (Fsp3) is 0.462. The van der Waals surface area contributed by atoms with E-state index < -0.39 is 4.92 Å². The number of carbonyl (C=O) groups excluding carboxylic acids is 1. The average Bonchev–Trinajstić information content (AvgIpc) is 2.42. The van der Waals surface area contributed by atoms with E-state index >= 15 is 0 Å². The van der Waals surface area contributed by atoms with Gasteiger partial charge in [-0.1, -0.05) is 19.9 Å². The van der Waals surface area contributed by atoms with Crippen LogP contribution in [0.2, 0.25) is 0 Å². The van der Waals surface area contributed by atoms with E-state index in [2.05, 4.69) is 5.32 Å². The standard InChI is InChI=1S/C13H18N2O5/c1-9(2)6-14-13(17)8-20-12-4-3-10(7-16)5-11(12)15(18)19/h3-5,9,16H,6-8H2,1-2H3,(H,14,17). The Labute approximate surface area is 116 Å². The molecule has 0 unspecified atom stereocenters. The molecule has 0 heterocycles. The molecule has 1 rings (SSSR count). The third kappa shape index (κ3) is 4.85. The lowest BCUT2D eigenvalue weighted by molar-refractivity contribution is -0.385. The zero-order valence-electron chi connectivity index (χ0n) is 11.5. The lowest BCUT2D eigenvalue weighted by Crippen LogP contribution is -2.31. The number of hydrogen-bond acceptors (Lipinski definition) is 5. The number of aliphatic hydroxyl groups excluding tert-OH is 1. The molecule has 1 aromatic rings. The van der Waals surface area contributed by atoms with E-state index in [-0.39, 0.29) is 30.6 Å². The number of hydrogen-bond donors (Lipinski definition) is 2. The monoisotopic (exact) mass is 282 g/mol. The van der Waals surface area contributed by atoms with Crippen LogP contribution >= 0.6 is 0 Å². The van der Waals surface area contributed by atoms with Crippen LogP contribution in [0.4, 0.5) is 5.69 Å². The van der Waals surface area contributed by atoms with Gasteiger partial charge in [0, 0.05) is 12.6 Å². The van der Waals surface area contributed by atoms with Crippen LogP contribution in [0.25, 0.3) is 0 Å². The van der Waals surface area contributed by atoms with Crippen molar-refractivity contribution in [3.63, 3.8) is 0 Å². The van der Waals surface area contributed by atoms with Crippen molar-refractivity contribution >= 4 is 11.6 Å². The van der Waals surface area contributed by atoms with Gasteiger partial charge in [0.2, 0.25) is 0 Å². The highest BCUT2D eigenvalue weighted by Gasteiger charge is 2.17. The van der Waals surface area contributed by atoms with Crippen molar-refractivity contribution in [2.24, 2.45) is 5.92 Å². The van der Waals surface area contributed by atoms with E-state index in [9.17, 15) is 14.9 Å². The number of rotatable bonds is 7. The molecule has 0 aliphatic rings. The van der Waals surface area contributed by atoms with Crippen LogP contribution in [-0.2, 0) is 11.4 Å². The number of carbonyl (C=O) groups is 1. The van der Waals surface area contributed by atoms with E-state index in [0.717, 1.165) is 0 Å². The molecular formula is C13H18N2O5. The summed E-state index contributed by atoms with van der Waals surface area (Å²) in [5.41, 5.74) is 0.140. The Morgan fingerprint density at radius 2 is 2.20 bits per heavy atom. The van der Waals surface area contributed by atoms with Gasteiger partial charge in [-0.25, -0.2) is 0 Å². The van der Waals surface area contributed by atoms with Gasteiger partial charge >= 0.3 is 5.69 Å². The summed E-state index contributed by atoms with van der Waals surface area (Å²) in [5, 5.41) is 22.5. The second kappa shape index (κ2) is 7.44. The first kappa shape index (κ1) is 15.9. The van der Waals surface area contributed by atoms with E-state index in [0.29, 0.717) is 18.0 Å². The lowest BCUT2D eigenvalue weighted by atomic mass is 10.2. The maximum absolute atomic E-state index is 11.5. The van der Waals surface area contributed by atoms with E-state index in [4.69, 9.17) is 9.84 Å². The summed E-state index contributed by atoms with van der Waals surface area (Å²) < 4.78 is 5.16. The Kier molecular flexibility index (Phi) is 5.92. The molecule has 0 saturated carbocycles. The van der Waals surface area contributed by atoms with Crippen molar-refractivity contribution in [1.29, 1.82) is 0 Å². The molecule has 2 N–H and O–H groups in total.